The molecule has 1 aliphatic heterocycles. The molecule has 1 fully saturated rings. The first-order chi connectivity index (χ1) is 33.6. The second-order valence-corrected chi connectivity index (χ2v) is 19.6. The van der Waals surface area contributed by atoms with Crippen molar-refractivity contribution in [3.63, 3.8) is 0 Å². The minimum Gasteiger partial charge on any atom is -0.479 e. The topological polar surface area (TPSA) is 175 Å². The fourth-order valence-corrected chi connectivity index (χ4v) is 8.64. The van der Waals surface area contributed by atoms with Crippen molar-refractivity contribution in [2.45, 2.75) is 302 Å². The predicted octanol–water partition coefficient (Wildman–Crippen LogP) is 13.9. The quantitative estimate of drug-likeness (QED) is 0.0228. The Labute approximate surface area is 419 Å². The van der Waals surface area contributed by atoms with Crippen LogP contribution in [0.2, 0.25) is 0 Å². The van der Waals surface area contributed by atoms with Crippen molar-refractivity contribution in [2.24, 2.45) is 0 Å². The molecular formula is C57H102O12. The Morgan fingerprint density at radius 1 is 0.478 bits per heavy atom. The number of esters is 3. The number of unbranched alkanes of at least 4 members (excludes halogenated alkanes) is 30. The van der Waals surface area contributed by atoms with Crippen molar-refractivity contribution in [1.29, 1.82) is 0 Å². The van der Waals surface area contributed by atoms with Crippen molar-refractivity contribution in [1.82, 2.24) is 0 Å². The summed E-state index contributed by atoms with van der Waals surface area (Å²) in [4.78, 5) is 50.9. The van der Waals surface area contributed by atoms with Gasteiger partial charge in [0.25, 0.3) is 0 Å². The van der Waals surface area contributed by atoms with E-state index in [1.165, 1.54) is 116 Å². The number of aliphatic carboxylic acids is 1. The lowest BCUT2D eigenvalue weighted by molar-refractivity contribution is -0.301. The smallest absolute Gasteiger partial charge is 0.335 e. The van der Waals surface area contributed by atoms with Gasteiger partial charge in [-0.25, -0.2) is 4.79 Å². The number of carbonyl (C=O) groups excluding carboxylic acids is 3. The number of ether oxygens (including phenoxy) is 5. The molecule has 0 aromatic heterocycles. The largest absolute Gasteiger partial charge is 0.479 e. The summed E-state index contributed by atoms with van der Waals surface area (Å²) in [6, 6.07) is 0. The molecule has 1 saturated heterocycles. The Hall–Kier alpha value is -2.80. The average molecular weight is 979 g/mol. The van der Waals surface area contributed by atoms with Gasteiger partial charge in [0.05, 0.1) is 6.61 Å². The van der Waals surface area contributed by atoms with E-state index in [2.05, 4.69) is 45.1 Å². The Morgan fingerprint density at radius 2 is 0.899 bits per heavy atom. The van der Waals surface area contributed by atoms with Gasteiger partial charge in [0, 0.05) is 19.3 Å². The van der Waals surface area contributed by atoms with E-state index in [4.69, 9.17) is 23.7 Å². The van der Waals surface area contributed by atoms with Crippen LogP contribution < -0.4 is 0 Å². The molecule has 402 valence electrons. The lowest BCUT2D eigenvalue weighted by atomic mass is 9.98. The van der Waals surface area contributed by atoms with Gasteiger partial charge in [-0.3, -0.25) is 14.4 Å². The highest BCUT2D eigenvalue weighted by Gasteiger charge is 2.50. The van der Waals surface area contributed by atoms with Gasteiger partial charge in [-0.1, -0.05) is 225 Å². The molecule has 1 rings (SSSR count). The first kappa shape index (κ1) is 64.2. The minimum absolute atomic E-state index is 0.0660. The predicted molar refractivity (Wildman–Crippen MR) is 276 cm³/mol. The van der Waals surface area contributed by atoms with Gasteiger partial charge in [0.1, 0.15) is 18.8 Å². The van der Waals surface area contributed by atoms with Crippen LogP contribution in [-0.2, 0) is 42.9 Å². The molecule has 0 aromatic rings. The van der Waals surface area contributed by atoms with Gasteiger partial charge in [-0.15, -0.1) is 0 Å². The molecular weight excluding hydrogens is 877 g/mol. The highest BCUT2D eigenvalue weighted by Crippen LogP contribution is 2.26. The third kappa shape index (κ3) is 36.7. The summed E-state index contributed by atoms with van der Waals surface area (Å²) in [5, 5.41) is 31.4. The van der Waals surface area contributed by atoms with E-state index >= 15 is 0 Å². The average Bonchev–Trinajstić information content (AvgIpc) is 3.33. The van der Waals surface area contributed by atoms with Gasteiger partial charge in [0.15, 0.2) is 24.6 Å². The number of aliphatic hydroxyl groups excluding tert-OH is 2. The second-order valence-electron chi connectivity index (χ2n) is 19.6. The van der Waals surface area contributed by atoms with Crippen molar-refractivity contribution >= 4 is 23.9 Å². The fraction of sp³-hybridized carbons (Fsp3) is 0.860. The van der Waals surface area contributed by atoms with Crippen LogP contribution in [0, 0.1) is 0 Å². The van der Waals surface area contributed by atoms with E-state index in [1.54, 1.807) is 0 Å². The normalized spacial score (nSPS) is 18.8. The van der Waals surface area contributed by atoms with Gasteiger partial charge >= 0.3 is 23.9 Å². The number of aliphatic hydroxyl groups is 2. The van der Waals surface area contributed by atoms with Crippen molar-refractivity contribution < 1.29 is 58.2 Å². The van der Waals surface area contributed by atoms with E-state index in [-0.39, 0.29) is 25.9 Å². The van der Waals surface area contributed by atoms with Crippen molar-refractivity contribution in [3.8, 4) is 0 Å². The maximum Gasteiger partial charge on any atom is 0.335 e. The van der Waals surface area contributed by atoms with Crippen LogP contribution in [-0.4, -0.2) is 89.2 Å². The zero-order valence-electron chi connectivity index (χ0n) is 44.1. The van der Waals surface area contributed by atoms with Crippen LogP contribution in [0.4, 0.5) is 0 Å². The van der Waals surface area contributed by atoms with Crippen LogP contribution in [0.5, 0.6) is 0 Å². The first-order valence-corrected chi connectivity index (χ1v) is 28.3. The molecule has 0 aromatic carbocycles. The van der Waals surface area contributed by atoms with Crippen LogP contribution in [0.15, 0.2) is 24.3 Å². The zero-order valence-corrected chi connectivity index (χ0v) is 44.1. The van der Waals surface area contributed by atoms with E-state index in [1.807, 2.05) is 0 Å². The molecule has 69 heavy (non-hydrogen) atoms. The molecule has 3 N–H and O–H groups in total. The van der Waals surface area contributed by atoms with Gasteiger partial charge in [0.2, 0.25) is 0 Å². The second kappa shape index (κ2) is 46.3. The molecule has 0 amide bonds. The SMILES string of the molecule is CCC/C=C\C/C=C\CCCCCCCC(=O)OCC(COC1OC(C(=O)O)C(O)C(O)C1OC(=O)CCCCCCCCCCCCCCCCC)OC(=O)CCCCCCCCCCCCC. The zero-order chi connectivity index (χ0) is 50.4. The lowest BCUT2D eigenvalue weighted by Crippen LogP contribution is -2.61. The number of hydrogen-bond acceptors (Lipinski definition) is 11. The lowest BCUT2D eigenvalue weighted by Gasteiger charge is -2.40. The van der Waals surface area contributed by atoms with Gasteiger partial charge < -0.3 is 39.0 Å². The number of rotatable bonds is 48. The summed E-state index contributed by atoms with van der Waals surface area (Å²) in [7, 11) is 0. The van der Waals surface area contributed by atoms with E-state index < -0.39 is 67.3 Å². The molecule has 0 spiro atoms. The number of carboxylic acids is 1. The molecule has 1 aliphatic rings. The summed E-state index contributed by atoms with van der Waals surface area (Å²) in [5.74, 6) is -3.11. The molecule has 0 saturated carbocycles. The van der Waals surface area contributed by atoms with Gasteiger partial charge in [-0.2, -0.15) is 0 Å². The van der Waals surface area contributed by atoms with E-state index in [0.717, 1.165) is 89.9 Å². The highest BCUT2D eigenvalue weighted by atomic mass is 16.7. The maximum atomic E-state index is 13.1. The summed E-state index contributed by atoms with van der Waals surface area (Å²) >= 11 is 0. The Balaban J connectivity index is 2.69. The Bertz CT molecular complexity index is 1300. The number of carboxylic acid groups (broad SMARTS) is 1. The molecule has 1 heterocycles. The number of carbonyl (C=O) groups is 4. The Morgan fingerprint density at radius 3 is 1.36 bits per heavy atom. The standard InChI is InChI=1S/C57H102O12/c1-4-7-10-13-16-19-22-24-25-27-30-33-36-39-42-45-51(60)68-55-53(62)52(61)54(56(63)64)69-57(55)66-47-48(67-50(59)44-41-38-35-32-28-21-18-15-12-9-6-3)46-65-49(58)43-40-37-34-31-29-26-23-20-17-14-11-8-5-2/h11,14,20,23,48,52-55,57,61-62H,4-10,12-13,15-19,21-22,24-47H2,1-3H3,(H,63,64)/b14-11-,23-20-. The van der Waals surface area contributed by atoms with Crippen molar-refractivity contribution in [3.05, 3.63) is 24.3 Å². The third-order valence-corrected chi connectivity index (χ3v) is 13.0. The van der Waals surface area contributed by atoms with Crippen molar-refractivity contribution in [2.75, 3.05) is 13.2 Å². The van der Waals surface area contributed by atoms with Crippen LogP contribution in [0.25, 0.3) is 0 Å². The van der Waals surface area contributed by atoms with Crippen LogP contribution in [0.1, 0.15) is 265 Å². The summed E-state index contributed by atoms with van der Waals surface area (Å²) in [6.45, 7) is 5.92. The van der Waals surface area contributed by atoms with Crippen LogP contribution >= 0.6 is 0 Å². The Kier molecular flexibility index (Phi) is 43.1. The molecule has 0 bridgehead atoms. The van der Waals surface area contributed by atoms with Crippen LogP contribution in [0.3, 0.4) is 0 Å². The monoisotopic (exact) mass is 979 g/mol. The number of hydrogen-bond donors (Lipinski definition) is 3. The highest BCUT2D eigenvalue weighted by molar-refractivity contribution is 5.74. The summed E-state index contributed by atoms with van der Waals surface area (Å²) in [5.41, 5.74) is 0. The molecule has 12 nitrogen and oxygen atoms in total. The molecule has 6 atom stereocenters. The molecule has 0 radical (unpaired) electrons. The minimum atomic E-state index is -1.90. The molecule has 0 aliphatic carbocycles. The molecule has 12 heteroatoms. The third-order valence-electron chi connectivity index (χ3n) is 13.0. The van der Waals surface area contributed by atoms with E-state index in [9.17, 15) is 34.5 Å². The molecule has 6 unspecified atom stereocenters. The fourth-order valence-electron chi connectivity index (χ4n) is 8.64. The summed E-state index contributed by atoms with van der Waals surface area (Å²) < 4.78 is 28.4. The number of allylic oxidation sites excluding steroid dienone is 4. The van der Waals surface area contributed by atoms with E-state index in [0.29, 0.717) is 19.3 Å². The summed E-state index contributed by atoms with van der Waals surface area (Å²) in [6.07, 6.45) is 38.7. The first-order valence-electron chi connectivity index (χ1n) is 28.3. The van der Waals surface area contributed by atoms with Gasteiger partial charge in [-0.05, 0) is 44.9 Å². The maximum absolute atomic E-state index is 13.1.